The number of nitro benzene ring substituents is 1. The molecule has 0 aliphatic carbocycles. The van der Waals surface area contributed by atoms with Gasteiger partial charge in [0, 0.05) is 12.6 Å². The summed E-state index contributed by atoms with van der Waals surface area (Å²) < 4.78 is 5.46. The van der Waals surface area contributed by atoms with Crippen LogP contribution < -0.4 is 10.1 Å². The topological polar surface area (TPSA) is 64.4 Å². The second-order valence-electron chi connectivity index (χ2n) is 4.44. The summed E-state index contributed by atoms with van der Waals surface area (Å²) in [5.74, 6) is 0.359. The van der Waals surface area contributed by atoms with Gasteiger partial charge in [0.25, 0.3) is 0 Å². The summed E-state index contributed by atoms with van der Waals surface area (Å²) >= 11 is 0. The van der Waals surface area contributed by atoms with Gasteiger partial charge in [-0.25, -0.2) is 0 Å². The summed E-state index contributed by atoms with van der Waals surface area (Å²) in [5, 5.41) is 14.3. The Morgan fingerprint density at radius 1 is 1.32 bits per heavy atom. The number of rotatable bonds is 9. The van der Waals surface area contributed by atoms with Gasteiger partial charge >= 0.3 is 5.69 Å². The van der Waals surface area contributed by atoms with Crippen LogP contribution in [0.2, 0.25) is 0 Å². The molecule has 0 saturated heterocycles. The predicted molar refractivity (Wildman–Crippen MR) is 75.5 cm³/mol. The molecule has 0 heterocycles. The lowest BCUT2D eigenvalue weighted by Crippen LogP contribution is -2.14. The normalized spacial score (nSPS) is 10.4. The van der Waals surface area contributed by atoms with Crippen molar-refractivity contribution >= 4 is 5.69 Å². The van der Waals surface area contributed by atoms with E-state index in [0.29, 0.717) is 18.9 Å². The highest BCUT2D eigenvalue weighted by atomic mass is 16.6. The lowest BCUT2D eigenvalue weighted by molar-refractivity contribution is -0.385. The van der Waals surface area contributed by atoms with E-state index in [2.05, 4.69) is 19.2 Å². The number of unbranched alkanes of at least 4 members (excludes halogenated alkanes) is 1. The van der Waals surface area contributed by atoms with E-state index in [4.69, 9.17) is 4.74 Å². The van der Waals surface area contributed by atoms with E-state index in [1.165, 1.54) is 0 Å². The third-order valence-corrected chi connectivity index (χ3v) is 2.73. The summed E-state index contributed by atoms with van der Waals surface area (Å²) in [4.78, 5) is 10.7. The maximum absolute atomic E-state index is 11.0. The average molecular weight is 266 g/mol. The van der Waals surface area contributed by atoms with Crippen LogP contribution in [0, 0.1) is 10.1 Å². The molecule has 0 fully saturated rings. The van der Waals surface area contributed by atoms with Gasteiger partial charge in [0.05, 0.1) is 11.5 Å². The summed E-state index contributed by atoms with van der Waals surface area (Å²) in [6.07, 6.45) is 2.95. The van der Waals surface area contributed by atoms with Crippen LogP contribution in [0.25, 0.3) is 0 Å². The zero-order chi connectivity index (χ0) is 14.1. The van der Waals surface area contributed by atoms with Crippen molar-refractivity contribution in [2.75, 3.05) is 13.2 Å². The number of nitrogens with one attached hydrogen (secondary N) is 1. The van der Waals surface area contributed by atoms with Crippen LogP contribution in [0.3, 0.4) is 0 Å². The number of nitro groups is 1. The first-order valence-corrected chi connectivity index (χ1v) is 6.79. The van der Waals surface area contributed by atoms with E-state index in [1.807, 2.05) is 6.07 Å². The molecule has 1 rings (SSSR count). The van der Waals surface area contributed by atoms with Crippen molar-refractivity contribution < 1.29 is 9.66 Å². The Bertz CT molecular complexity index is 408. The Kier molecular flexibility index (Phi) is 6.89. The molecule has 0 radical (unpaired) electrons. The van der Waals surface area contributed by atoms with Crippen LogP contribution in [0.4, 0.5) is 5.69 Å². The lowest BCUT2D eigenvalue weighted by atomic mass is 10.2. The average Bonchev–Trinajstić information content (AvgIpc) is 2.40. The first-order chi connectivity index (χ1) is 9.19. The third kappa shape index (κ3) is 5.26. The SMILES string of the molecule is CCCCOc1ccc(CNCCC)cc1[N+](=O)[O-]. The quantitative estimate of drug-likeness (QED) is 0.423. The van der Waals surface area contributed by atoms with Crippen molar-refractivity contribution in [1.82, 2.24) is 5.32 Å². The number of hydrogen-bond acceptors (Lipinski definition) is 4. The van der Waals surface area contributed by atoms with E-state index < -0.39 is 0 Å². The molecular weight excluding hydrogens is 244 g/mol. The van der Waals surface area contributed by atoms with Crippen molar-refractivity contribution in [3.05, 3.63) is 33.9 Å². The fourth-order valence-corrected chi connectivity index (χ4v) is 1.67. The molecule has 5 nitrogen and oxygen atoms in total. The molecule has 0 atom stereocenters. The molecule has 1 aromatic carbocycles. The Morgan fingerprint density at radius 2 is 2.11 bits per heavy atom. The second kappa shape index (κ2) is 8.48. The minimum absolute atomic E-state index is 0.0481. The maximum atomic E-state index is 11.0. The smallest absolute Gasteiger partial charge is 0.311 e. The van der Waals surface area contributed by atoms with Gasteiger partial charge in [-0.15, -0.1) is 0 Å². The molecule has 1 N–H and O–H groups in total. The summed E-state index contributed by atoms with van der Waals surface area (Å²) in [5.41, 5.74) is 0.954. The van der Waals surface area contributed by atoms with E-state index in [0.717, 1.165) is 31.4 Å². The second-order valence-corrected chi connectivity index (χ2v) is 4.44. The van der Waals surface area contributed by atoms with E-state index >= 15 is 0 Å². The summed E-state index contributed by atoms with van der Waals surface area (Å²) in [6, 6.07) is 5.15. The Hall–Kier alpha value is -1.62. The van der Waals surface area contributed by atoms with E-state index in [9.17, 15) is 10.1 Å². The number of hydrogen-bond donors (Lipinski definition) is 1. The number of benzene rings is 1. The molecule has 5 heteroatoms. The standard InChI is InChI=1S/C14H22N2O3/c1-3-5-9-19-14-7-6-12(11-15-8-4-2)10-13(14)16(17)18/h6-7,10,15H,3-5,8-9,11H2,1-2H3. The van der Waals surface area contributed by atoms with Gasteiger partial charge in [-0.05, 0) is 31.0 Å². The van der Waals surface area contributed by atoms with Crippen LogP contribution in [0.5, 0.6) is 5.75 Å². The highest BCUT2D eigenvalue weighted by Gasteiger charge is 2.15. The Balaban J connectivity index is 2.73. The van der Waals surface area contributed by atoms with E-state index in [-0.39, 0.29) is 10.6 Å². The molecule has 0 spiro atoms. The number of ether oxygens (including phenoxy) is 1. The summed E-state index contributed by atoms with van der Waals surface area (Å²) in [7, 11) is 0. The predicted octanol–water partition coefficient (Wildman–Crippen LogP) is 3.27. The highest BCUT2D eigenvalue weighted by molar-refractivity contribution is 5.48. The molecule has 106 valence electrons. The molecule has 0 bridgehead atoms. The molecule has 0 aliphatic heterocycles. The van der Waals surface area contributed by atoms with Crippen LogP contribution >= 0.6 is 0 Å². The minimum Gasteiger partial charge on any atom is -0.487 e. The molecule has 19 heavy (non-hydrogen) atoms. The molecule has 0 aliphatic rings. The first kappa shape index (κ1) is 15.4. The monoisotopic (exact) mass is 266 g/mol. The van der Waals surface area contributed by atoms with Gasteiger partial charge < -0.3 is 10.1 Å². The summed E-state index contributed by atoms with van der Waals surface area (Å²) in [6.45, 7) is 6.21. The van der Waals surface area contributed by atoms with Crippen LogP contribution in [-0.4, -0.2) is 18.1 Å². The van der Waals surface area contributed by atoms with Crippen molar-refractivity contribution in [3.8, 4) is 5.75 Å². The molecule has 1 aromatic rings. The van der Waals surface area contributed by atoms with Crippen molar-refractivity contribution in [2.24, 2.45) is 0 Å². The zero-order valence-corrected chi connectivity index (χ0v) is 11.6. The molecule has 0 unspecified atom stereocenters. The van der Waals surface area contributed by atoms with E-state index in [1.54, 1.807) is 12.1 Å². The van der Waals surface area contributed by atoms with Gasteiger partial charge in [-0.3, -0.25) is 10.1 Å². The highest BCUT2D eigenvalue weighted by Crippen LogP contribution is 2.28. The van der Waals surface area contributed by atoms with Gasteiger partial charge in [-0.2, -0.15) is 0 Å². The van der Waals surface area contributed by atoms with Crippen molar-refractivity contribution in [1.29, 1.82) is 0 Å². The largest absolute Gasteiger partial charge is 0.487 e. The van der Waals surface area contributed by atoms with Gasteiger partial charge in [0.2, 0.25) is 0 Å². The molecule has 0 amide bonds. The lowest BCUT2D eigenvalue weighted by Gasteiger charge is -2.08. The first-order valence-electron chi connectivity index (χ1n) is 6.79. The van der Waals surface area contributed by atoms with Crippen molar-refractivity contribution in [3.63, 3.8) is 0 Å². The maximum Gasteiger partial charge on any atom is 0.311 e. The third-order valence-electron chi connectivity index (χ3n) is 2.73. The molecular formula is C14H22N2O3. The fourth-order valence-electron chi connectivity index (χ4n) is 1.67. The molecule has 0 saturated carbocycles. The zero-order valence-electron chi connectivity index (χ0n) is 11.6. The van der Waals surface area contributed by atoms with Gasteiger partial charge in [-0.1, -0.05) is 26.3 Å². The van der Waals surface area contributed by atoms with Gasteiger partial charge in [0.1, 0.15) is 0 Å². The van der Waals surface area contributed by atoms with Crippen LogP contribution in [-0.2, 0) is 6.54 Å². The van der Waals surface area contributed by atoms with Gasteiger partial charge in [0.15, 0.2) is 5.75 Å². The Morgan fingerprint density at radius 3 is 2.74 bits per heavy atom. The molecule has 0 aromatic heterocycles. The van der Waals surface area contributed by atoms with Crippen LogP contribution in [0.15, 0.2) is 18.2 Å². The fraction of sp³-hybridized carbons (Fsp3) is 0.571. The Labute approximate surface area is 114 Å². The minimum atomic E-state index is -0.384. The van der Waals surface area contributed by atoms with Crippen LogP contribution in [0.1, 0.15) is 38.7 Å². The number of nitrogens with zero attached hydrogens (tertiary/aromatic N) is 1. The van der Waals surface area contributed by atoms with Crippen molar-refractivity contribution in [2.45, 2.75) is 39.7 Å².